The van der Waals surface area contributed by atoms with Crippen molar-refractivity contribution in [2.45, 2.75) is 26.3 Å². The Morgan fingerprint density at radius 2 is 1.95 bits per heavy atom. The second-order valence-corrected chi connectivity index (χ2v) is 5.00. The van der Waals surface area contributed by atoms with Crippen LogP contribution in [0.1, 0.15) is 31.1 Å². The number of nitrogens with zero attached hydrogens (tertiary/aromatic N) is 2. The van der Waals surface area contributed by atoms with Gasteiger partial charge in [-0.3, -0.25) is 4.68 Å². The lowest BCUT2D eigenvalue weighted by Crippen LogP contribution is -2.08. The van der Waals surface area contributed by atoms with Crippen LogP contribution in [0.3, 0.4) is 0 Å². The predicted octanol–water partition coefficient (Wildman–Crippen LogP) is 3.17. The molecule has 1 N–H and O–H groups in total. The molecule has 0 saturated carbocycles. The molecule has 1 aromatic carbocycles. The van der Waals surface area contributed by atoms with Gasteiger partial charge in [-0.2, -0.15) is 5.10 Å². The second kappa shape index (κ2) is 6.52. The first-order valence-electron chi connectivity index (χ1n) is 7.10. The maximum absolute atomic E-state index is 5.36. The Kier molecular flexibility index (Phi) is 4.73. The van der Waals surface area contributed by atoms with Gasteiger partial charge in [0.25, 0.3) is 0 Å². The van der Waals surface area contributed by atoms with E-state index in [1.165, 1.54) is 0 Å². The minimum absolute atomic E-state index is 0.152. The molecule has 0 aliphatic heterocycles. The van der Waals surface area contributed by atoms with E-state index < -0.39 is 0 Å². The van der Waals surface area contributed by atoms with Crippen molar-refractivity contribution >= 4 is 5.69 Å². The van der Waals surface area contributed by atoms with Crippen LogP contribution in [0.4, 0.5) is 5.69 Å². The third-order valence-electron chi connectivity index (χ3n) is 3.52. The molecule has 0 spiro atoms. The fourth-order valence-electron chi connectivity index (χ4n) is 2.35. The van der Waals surface area contributed by atoms with Gasteiger partial charge in [-0.1, -0.05) is 13.0 Å². The summed E-state index contributed by atoms with van der Waals surface area (Å²) < 4.78 is 12.5. The first kappa shape index (κ1) is 15.2. The van der Waals surface area contributed by atoms with Crippen molar-refractivity contribution < 1.29 is 9.47 Å². The van der Waals surface area contributed by atoms with E-state index in [1.807, 2.05) is 36.1 Å². The van der Waals surface area contributed by atoms with Gasteiger partial charge in [-0.15, -0.1) is 0 Å². The third-order valence-corrected chi connectivity index (χ3v) is 3.52. The van der Waals surface area contributed by atoms with Crippen LogP contribution in [0.25, 0.3) is 0 Å². The first-order valence-corrected chi connectivity index (χ1v) is 7.10. The van der Waals surface area contributed by atoms with Crippen LogP contribution in [0.5, 0.6) is 11.5 Å². The summed E-state index contributed by atoms with van der Waals surface area (Å²) in [6.45, 7) is 4.22. The van der Waals surface area contributed by atoms with E-state index in [0.717, 1.165) is 34.9 Å². The Hall–Kier alpha value is -2.17. The van der Waals surface area contributed by atoms with Gasteiger partial charge in [-0.25, -0.2) is 0 Å². The molecule has 21 heavy (non-hydrogen) atoms. The summed E-state index contributed by atoms with van der Waals surface area (Å²) >= 11 is 0. The maximum Gasteiger partial charge on any atom is 0.161 e. The number of rotatable bonds is 6. The third kappa shape index (κ3) is 3.29. The molecule has 5 nitrogen and oxygen atoms in total. The highest BCUT2D eigenvalue weighted by molar-refractivity contribution is 5.50. The van der Waals surface area contributed by atoms with Crippen LogP contribution in [0, 0.1) is 0 Å². The van der Waals surface area contributed by atoms with E-state index in [4.69, 9.17) is 9.47 Å². The number of nitrogens with one attached hydrogen (secondary N) is 1. The van der Waals surface area contributed by atoms with E-state index in [2.05, 4.69) is 24.3 Å². The quantitative estimate of drug-likeness (QED) is 0.887. The van der Waals surface area contributed by atoms with Crippen LogP contribution < -0.4 is 14.8 Å². The van der Waals surface area contributed by atoms with Gasteiger partial charge in [-0.05, 0) is 31.0 Å². The molecule has 0 aliphatic carbocycles. The van der Waals surface area contributed by atoms with E-state index in [0.29, 0.717) is 0 Å². The second-order valence-electron chi connectivity index (χ2n) is 5.00. The normalized spacial score (nSPS) is 12.0. The molecular formula is C16H23N3O2. The Labute approximate surface area is 125 Å². The maximum atomic E-state index is 5.36. The number of benzene rings is 1. The Morgan fingerprint density at radius 1 is 1.24 bits per heavy atom. The lowest BCUT2D eigenvalue weighted by atomic mass is 10.1. The largest absolute Gasteiger partial charge is 0.493 e. The fourth-order valence-corrected chi connectivity index (χ4v) is 2.35. The molecule has 114 valence electrons. The SMILES string of the molecule is CCc1nn(C)cc1NC(C)c1ccc(OC)c(OC)c1. The standard InChI is InChI=1S/C16H23N3O2/c1-6-13-14(10-19(3)18-13)17-11(2)12-7-8-15(20-4)16(9-12)21-5/h7-11,17H,6H2,1-5H3. The summed E-state index contributed by atoms with van der Waals surface area (Å²) in [4.78, 5) is 0. The summed E-state index contributed by atoms with van der Waals surface area (Å²) in [5.74, 6) is 1.48. The minimum Gasteiger partial charge on any atom is -0.493 e. The molecule has 0 fully saturated rings. The van der Waals surface area contributed by atoms with Crippen molar-refractivity contribution in [3.63, 3.8) is 0 Å². The summed E-state index contributed by atoms with van der Waals surface area (Å²) in [7, 11) is 5.23. The number of aryl methyl sites for hydroxylation is 2. The van der Waals surface area contributed by atoms with Gasteiger partial charge >= 0.3 is 0 Å². The molecule has 5 heteroatoms. The van der Waals surface area contributed by atoms with Gasteiger partial charge in [0, 0.05) is 19.3 Å². The van der Waals surface area contributed by atoms with Crippen molar-refractivity contribution in [1.82, 2.24) is 9.78 Å². The molecule has 2 rings (SSSR count). The van der Waals surface area contributed by atoms with E-state index in [1.54, 1.807) is 14.2 Å². The monoisotopic (exact) mass is 289 g/mol. The highest BCUT2D eigenvalue weighted by atomic mass is 16.5. The van der Waals surface area contributed by atoms with Gasteiger partial charge in [0.15, 0.2) is 11.5 Å². The van der Waals surface area contributed by atoms with Crippen molar-refractivity contribution in [2.75, 3.05) is 19.5 Å². The summed E-state index contributed by atoms with van der Waals surface area (Å²) in [5.41, 5.74) is 3.28. The Balaban J connectivity index is 2.21. The van der Waals surface area contributed by atoms with Crippen molar-refractivity contribution in [2.24, 2.45) is 7.05 Å². The lowest BCUT2D eigenvalue weighted by molar-refractivity contribution is 0.354. The van der Waals surface area contributed by atoms with Crippen LogP contribution in [-0.4, -0.2) is 24.0 Å². The van der Waals surface area contributed by atoms with Gasteiger partial charge in [0.2, 0.25) is 0 Å². The van der Waals surface area contributed by atoms with Crippen LogP contribution in [0.15, 0.2) is 24.4 Å². The summed E-state index contributed by atoms with van der Waals surface area (Å²) in [5, 5.41) is 7.95. The summed E-state index contributed by atoms with van der Waals surface area (Å²) in [6, 6.07) is 6.12. The highest BCUT2D eigenvalue weighted by Crippen LogP contribution is 2.31. The number of hydrogen-bond donors (Lipinski definition) is 1. The van der Waals surface area contributed by atoms with Crippen molar-refractivity contribution in [1.29, 1.82) is 0 Å². The number of hydrogen-bond acceptors (Lipinski definition) is 4. The van der Waals surface area contributed by atoms with Crippen LogP contribution >= 0.6 is 0 Å². The highest BCUT2D eigenvalue weighted by Gasteiger charge is 2.13. The topological polar surface area (TPSA) is 48.3 Å². The average Bonchev–Trinajstić information content (AvgIpc) is 2.86. The average molecular weight is 289 g/mol. The minimum atomic E-state index is 0.152. The van der Waals surface area contributed by atoms with E-state index in [9.17, 15) is 0 Å². The molecule has 0 bridgehead atoms. The summed E-state index contributed by atoms with van der Waals surface area (Å²) in [6.07, 6.45) is 2.91. The molecule has 0 amide bonds. The zero-order chi connectivity index (χ0) is 15.4. The molecule has 0 saturated heterocycles. The van der Waals surface area contributed by atoms with Crippen molar-refractivity contribution in [3.8, 4) is 11.5 Å². The molecule has 0 aliphatic rings. The molecule has 1 unspecified atom stereocenters. The number of methoxy groups -OCH3 is 2. The number of anilines is 1. The Morgan fingerprint density at radius 3 is 2.57 bits per heavy atom. The fraction of sp³-hybridized carbons (Fsp3) is 0.438. The first-order chi connectivity index (χ1) is 10.1. The number of ether oxygens (including phenoxy) is 2. The molecule has 0 radical (unpaired) electrons. The zero-order valence-electron chi connectivity index (χ0n) is 13.3. The number of aromatic nitrogens is 2. The predicted molar refractivity (Wildman–Crippen MR) is 84.2 cm³/mol. The molecule has 2 aromatic rings. The smallest absolute Gasteiger partial charge is 0.161 e. The molecular weight excluding hydrogens is 266 g/mol. The van der Waals surface area contributed by atoms with E-state index in [-0.39, 0.29) is 6.04 Å². The van der Waals surface area contributed by atoms with Gasteiger partial charge in [0.1, 0.15) is 0 Å². The van der Waals surface area contributed by atoms with Crippen LogP contribution in [0.2, 0.25) is 0 Å². The van der Waals surface area contributed by atoms with Gasteiger partial charge < -0.3 is 14.8 Å². The van der Waals surface area contributed by atoms with Gasteiger partial charge in [0.05, 0.1) is 25.6 Å². The lowest BCUT2D eigenvalue weighted by Gasteiger charge is -2.17. The zero-order valence-corrected chi connectivity index (χ0v) is 13.3. The molecule has 1 atom stereocenters. The van der Waals surface area contributed by atoms with E-state index >= 15 is 0 Å². The molecule has 1 aromatic heterocycles. The van der Waals surface area contributed by atoms with Crippen molar-refractivity contribution in [3.05, 3.63) is 35.7 Å². The molecule has 1 heterocycles. The van der Waals surface area contributed by atoms with Crippen LogP contribution in [-0.2, 0) is 13.5 Å². The Bertz CT molecular complexity index is 608.